The second-order valence-electron chi connectivity index (χ2n) is 2.33. The van der Waals surface area contributed by atoms with Crippen molar-refractivity contribution >= 4 is 12.3 Å². The van der Waals surface area contributed by atoms with Crippen molar-refractivity contribution in [2.75, 3.05) is 0 Å². The van der Waals surface area contributed by atoms with E-state index in [1.807, 2.05) is 30.3 Å². The number of nitrogens with zero attached hydrogens (tertiary/aromatic N) is 1. The number of aliphatic imine (C=N–C) groups is 1. The molecule has 0 spiro atoms. The summed E-state index contributed by atoms with van der Waals surface area (Å²) in [7, 11) is 0. The summed E-state index contributed by atoms with van der Waals surface area (Å²) >= 11 is 0. The maximum atomic E-state index is 3.91. The van der Waals surface area contributed by atoms with E-state index in [2.05, 4.69) is 18.2 Å². The second-order valence-corrected chi connectivity index (χ2v) is 2.33. The van der Waals surface area contributed by atoms with Gasteiger partial charge in [0, 0.05) is 12.4 Å². The molecule has 0 radical (unpaired) electrons. The molecule has 0 unspecified atom stereocenters. The lowest BCUT2D eigenvalue weighted by Crippen LogP contribution is -1.79. The molecule has 1 nitrogen and oxygen atoms in total. The average molecular weight is 157 g/mol. The molecular formula is C11H11N. The summed E-state index contributed by atoms with van der Waals surface area (Å²) in [5, 5.41) is 0. The van der Waals surface area contributed by atoms with Gasteiger partial charge in [-0.3, -0.25) is 4.99 Å². The monoisotopic (exact) mass is 157 g/mol. The average Bonchev–Trinajstić information content (AvgIpc) is 2.15. The Hall–Kier alpha value is -1.63. The molecule has 0 aliphatic carbocycles. The molecule has 12 heavy (non-hydrogen) atoms. The SMILES string of the molecule is C=CN=Cc1ccc(C=C)cc1. The van der Waals surface area contributed by atoms with Crippen molar-refractivity contribution in [2.45, 2.75) is 0 Å². The molecule has 0 amide bonds. The van der Waals surface area contributed by atoms with Gasteiger partial charge in [0.25, 0.3) is 0 Å². The van der Waals surface area contributed by atoms with E-state index in [0.717, 1.165) is 11.1 Å². The molecule has 0 N–H and O–H groups in total. The zero-order valence-corrected chi connectivity index (χ0v) is 6.90. The fourth-order valence-electron chi connectivity index (χ4n) is 0.857. The molecule has 1 rings (SSSR count). The highest BCUT2D eigenvalue weighted by Gasteiger charge is 1.86. The molecule has 60 valence electrons. The smallest absolute Gasteiger partial charge is 0.0340 e. The highest BCUT2D eigenvalue weighted by molar-refractivity contribution is 5.80. The van der Waals surface area contributed by atoms with Gasteiger partial charge in [0.2, 0.25) is 0 Å². The summed E-state index contributed by atoms with van der Waals surface area (Å²) in [5.41, 5.74) is 2.19. The van der Waals surface area contributed by atoms with Gasteiger partial charge in [-0.15, -0.1) is 0 Å². The summed E-state index contributed by atoms with van der Waals surface area (Å²) in [6.07, 6.45) is 5.09. The summed E-state index contributed by atoms with van der Waals surface area (Å²) in [6, 6.07) is 7.98. The lowest BCUT2D eigenvalue weighted by molar-refractivity contribution is 1.57. The first-order chi connectivity index (χ1) is 5.86. The predicted octanol–water partition coefficient (Wildman–Crippen LogP) is 2.89. The molecule has 0 bridgehead atoms. The van der Waals surface area contributed by atoms with Gasteiger partial charge in [-0.2, -0.15) is 0 Å². The third kappa shape index (κ3) is 2.20. The van der Waals surface area contributed by atoms with Crippen LogP contribution in [0.3, 0.4) is 0 Å². The van der Waals surface area contributed by atoms with E-state index in [4.69, 9.17) is 0 Å². The molecule has 0 saturated heterocycles. The van der Waals surface area contributed by atoms with Crippen molar-refractivity contribution in [1.82, 2.24) is 0 Å². The van der Waals surface area contributed by atoms with E-state index in [1.165, 1.54) is 6.20 Å². The number of rotatable bonds is 3. The Morgan fingerprint density at radius 3 is 2.08 bits per heavy atom. The fraction of sp³-hybridized carbons (Fsp3) is 0. The van der Waals surface area contributed by atoms with Crippen molar-refractivity contribution in [2.24, 2.45) is 4.99 Å². The largest absolute Gasteiger partial charge is 0.265 e. The maximum Gasteiger partial charge on any atom is 0.0340 e. The summed E-state index contributed by atoms with van der Waals surface area (Å²) in [4.78, 5) is 3.91. The van der Waals surface area contributed by atoms with Crippen LogP contribution < -0.4 is 0 Å². The van der Waals surface area contributed by atoms with Gasteiger partial charge in [-0.05, 0) is 11.1 Å². The van der Waals surface area contributed by atoms with E-state index < -0.39 is 0 Å². The van der Waals surface area contributed by atoms with Crippen LogP contribution >= 0.6 is 0 Å². The first kappa shape index (κ1) is 8.47. The zero-order chi connectivity index (χ0) is 8.81. The lowest BCUT2D eigenvalue weighted by atomic mass is 10.1. The molecule has 1 aromatic carbocycles. The highest BCUT2D eigenvalue weighted by Crippen LogP contribution is 2.03. The van der Waals surface area contributed by atoms with Crippen LogP contribution in [0.4, 0.5) is 0 Å². The van der Waals surface area contributed by atoms with Gasteiger partial charge in [-0.25, -0.2) is 0 Å². The van der Waals surface area contributed by atoms with E-state index in [1.54, 1.807) is 6.21 Å². The molecule has 0 aromatic heterocycles. The normalized spacial score (nSPS) is 10.0. The van der Waals surface area contributed by atoms with Gasteiger partial charge in [0.15, 0.2) is 0 Å². The minimum absolute atomic E-state index is 1.07. The van der Waals surface area contributed by atoms with E-state index in [0.29, 0.717) is 0 Å². The quantitative estimate of drug-likeness (QED) is 0.598. The Bertz CT molecular complexity index is 293. The van der Waals surface area contributed by atoms with Crippen molar-refractivity contribution < 1.29 is 0 Å². The number of hydrogen-bond acceptors (Lipinski definition) is 1. The Balaban J connectivity index is 2.84. The minimum Gasteiger partial charge on any atom is -0.265 e. The third-order valence-corrected chi connectivity index (χ3v) is 1.50. The fourth-order valence-corrected chi connectivity index (χ4v) is 0.857. The van der Waals surface area contributed by atoms with Crippen LogP contribution in [0.2, 0.25) is 0 Å². The van der Waals surface area contributed by atoms with Crippen LogP contribution in [-0.2, 0) is 0 Å². The van der Waals surface area contributed by atoms with Crippen molar-refractivity contribution in [3.05, 3.63) is 54.8 Å². The molecule has 1 heteroatoms. The summed E-state index contributed by atoms with van der Waals surface area (Å²) in [6.45, 7) is 7.17. The van der Waals surface area contributed by atoms with Crippen LogP contribution in [0.1, 0.15) is 11.1 Å². The molecule has 0 aliphatic heterocycles. The van der Waals surface area contributed by atoms with Crippen molar-refractivity contribution in [3.63, 3.8) is 0 Å². The van der Waals surface area contributed by atoms with E-state index >= 15 is 0 Å². The minimum atomic E-state index is 1.07. The third-order valence-electron chi connectivity index (χ3n) is 1.50. The number of hydrogen-bond donors (Lipinski definition) is 0. The van der Waals surface area contributed by atoms with Gasteiger partial charge in [-0.1, -0.05) is 43.5 Å². The first-order valence-corrected chi connectivity index (χ1v) is 3.73. The van der Waals surface area contributed by atoms with E-state index in [-0.39, 0.29) is 0 Å². The van der Waals surface area contributed by atoms with Crippen LogP contribution in [-0.4, -0.2) is 6.21 Å². The van der Waals surface area contributed by atoms with Crippen molar-refractivity contribution in [1.29, 1.82) is 0 Å². The Morgan fingerprint density at radius 1 is 1.00 bits per heavy atom. The Labute approximate surface area is 72.8 Å². The summed E-state index contributed by atoms with van der Waals surface area (Å²) < 4.78 is 0. The van der Waals surface area contributed by atoms with Gasteiger partial charge >= 0.3 is 0 Å². The second kappa shape index (κ2) is 4.29. The molecule has 1 aromatic rings. The topological polar surface area (TPSA) is 12.4 Å². The van der Waals surface area contributed by atoms with Crippen LogP contribution in [0.5, 0.6) is 0 Å². The molecule has 0 atom stereocenters. The highest BCUT2D eigenvalue weighted by atomic mass is 14.6. The predicted molar refractivity (Wildman–Crippen MR) is 54.3 cm³/mol. The van der Waals surface area contributed by atoms with Crippen LogP contribution in [0.25, 0.3) is 6.08 Å². The Morgan fingerprint density at radius 2 is 1.58 bits per heavy atom. The van der Waals surface area contributed by atoms with Crippen LogP contribution in [0, 0.1) is 0 Å². The molecular weight excluding hydrogens is 146 g/mol. The standard InChI is InChI=1S/C11H11N/c1-3-10-5-7-11(8-6-10)9-12-4-2/h3-9H,1-2H2. The van der Waals surface area contributed by atoms with Crippen LogP contribution in [0.15, 0.2) is 48.6 Å². The summed E-state index contributed by atoms with van der Waals surface area (Å²) in [5.74, 6) is 0. The number of benzene rings is 1. The molecule has 0 fully saturated rings. The molecule has 0 saturated carbocycles. The Kier molecular flexibility index (Phi) is 3.03. The molecule has 0 aliphatic rings. The first-order valence-electron chi connectivity index (χ1n) is 3.73. The lowest BCUT2D eigenvalue weighted by Gasteiger charge is -1.93. The zero-order valence-electron chi connectivity index (χ0n) is 6.90. The van der Waals surface area contributed by atoms with E-state index in [9.17, 15) is 0 Å². The maximum absolute atomic E-state index is 3.91. The van der Waals surface area contributed by atoms with Gasteiger partial charge in [0.1, 0.15) is 0 Å². The van der Waals surface area contributed by atoms with Gasteiger partial charge < -0.3 is 0 Å². The molecule has 0 heterocycles. The van der Waals surface area contributed by atoms with Gasteiger partial charge in [0.05, 0.1) is 0 Å². The van der Waals surface area contributed by atoms with Crippen molar-refractivity contribution in [3.8, 4) is 0 Å².